The molecule has 0 atom stereocenters. The first-order valence-corrected chi connectivity index (χ1v) is 8.18. The van der Waals surface area contributed by atoms with Gasteiger partial charge in [-0.1, -0.05) is 12.1 Å². The molecule has 21 heavy (non-hydrogen) atoms. The number of rotatable bonds is 7. The molecule has 0 spiro atoms. The van der Waals surface area contributed by atoms with Gasteiger partial charge in [0.2, 0.25) is 5.91 Å². The lowest BCUT2D eigenvalue weighted by atomic mass is 10.3. The number of morpholine rings is 1. The average Bonchev–Trinajstić information content (AvgIpc) is 2.52. The summed E-state index contributed by atoms with van der Waals surface area (Å²) in [5.74, 6) is -0.0776. The van der Waals surface area contributed by atoms with Crippen molar-refractivity contribution < 1.29 is 13.9 Å². The van der Waals surface area contributed by atoms with Crippen LogP contribution in [0, 0.1) is 5.82 Å². The third-order valence-electron chi connectivity index (χ3n) is 3.27. The second kappa shape index (κ2) is 9.02. The van der Waals surface area contributed by atoms with Gasteiger partial charge < -0.3 is 10.1 Å². The molecule has 1 aliphatic heterocycles. The van der Waals surface area contributed by atoms with E-state index in [2.05, 4.69) is 10.2 Å². The highest BCUT2D eigenvalue weighted by atomic mass is 32.2. The van der Waals surface area contributed by atoms with E-state index in [1.165, 1.54) is 17.8 Å². The molecule has 1 aromatic carbocycles. The number of halogens is 1. The van der Waals surface area contributed by atoms with Gasteiger partial charge in [-0.3, -0.25) is 9.69 Å². The van der Waals surface area contributed by atoms with Crippen LogP contribution in [0.25, 0.3) is 0 Å². The molecule has 1 aliphatic rings. The number of ether oxygens (including phenoxy) is 1. The Morgan fingerprint density at radius 3 is 2.86 bits per heavy atom. The summed E-state index contributed by atoms with van der Waals surface area (Å²) in [7, 11) is 0. The molecule has 0 aliphatic carbocycles. The molecule has 0 saturated carbocycles. The first-order valence-electron chi connectivity index (χ1n) is 7.20. The van der Waals surface area contributed by atoms with Gasteiger partial charge in [0.1, 0.15) is 5.82 Å². The molecule has 1 amide bonds. The number of hydrogen-bond donors (Lipinski definition) is 1. The summed E-state index contributed by atoms with van der Waals surface area (Å²) in [6.07, 6.45) is 0.927. The van der Waals surface area contributed by atoms with Crippen molar-refractivity contribution in [2.24, 2.45) is 0 Å². The van der Waals surface area contributed by atoms with Crippen LogP contribution < -0.4 is 5.32 Å². The van der Waals surface area contributed by atoms with Gasteiger partial charge in [0.25, 0.3) is 0 Å². The number of carbonyl (C=O) groups excluding carboxylic acids is 1. The predicted octanol–water partition coefficient (Wildman–Crippen LogP) is 1.76. The second-order valence-corrected chi connectivity index (χ2v) is 5.89. The molecular weight excluding hydrogens is 291 g/mol. The van der Waals surface area contributed by atoms with Crippen LogP contribution in [0.2, 0.25) is 0 Å². The van der Waals surface area contributed by atoms with Gasteiger partial charge in [0.15, 0.2) is 0 Å². The maximum absolute atomic E-state index is 13.4. The van der Waals surface area contributed by atoms with Gasteiger partial charge in [0, 0.05) is 24.5 Å². The zero-order valence-electron chi connectivity index (χ0n) is 12.0. The first-order chi connectivity index (χ1) is 10.3. The summed E-state index contributed by atoms with van der Waals surface area (Å²) < 4.78 is 18.7. The fourth-order valence-electron chi connectivity index (χ4n) is 2.11. The average molecular weight is 312 g/mol. The molecule has 0 bridgehead atoms. The van der Waals surface area contributed by atoms with Crippen LogP contribution in [-0.4, -0.2) is 56.0 Å². The minimum absolute atomic E-state index is 0.0507. The Bertz CT molecular complexity index is 453. The van der Waals surface area contributed by atoms with E-state index in [-0.39, 0.29) is 17.5 Å². The number of amides is 1. The third kappa shape index (κ3) is 6.03. The molecule has 1 N–H and O–H groups in total. The van der Waals surface area contributed by atoms with Crippen molar-refractivity contribution in [2.45, 2.75) is 11.3 Å². The summed E-state index contributed by atoms with van der Waals surface area (Å²) in [4.78, 5) is 14.5. The second-order valence-electron chi connectivity index (χ2n) is 4.88. The Morgan fingerprint density at radius 1 is 1.33 bits per heavy atom. The number of nitrogens with zero attached hydrogens (tertiary/aromatic N) is 1. The van der Waals surface area contributed by atoms with Crippen LogP contribution in [0.1, 0.15) is 6.42 Å². The van der Waals surface area contributed by atoms with Crippen LogP contribution in [-0.2, 0) is 9.53 Å². The lowest BCUT2D eigenvalue weighted by Gasteiger charge is -2.26. The van der Waals surface area contributed by atoms with Crippen LogP contribution >= 0.6 is 11.8 Å². The fraction of sp³-hybridized carbons (Fsp3) is 0.533. The summed E-state index contributed by atoms with van der Waals surface area (Å²) in [6, 6.07) is 6.50. The maximum atomic E-state index is 13.4. The van der Waals surface area contributed by atoms with E-state index in [0.717, 1.165) is 39.3 Å². The van der Waals surface area contributed by atoms with Crippen LogP contribution in [0.15, 0.2) is 29.2 Å². The Kier molecular flexibility index (Phi) is 6.99. The van der Waals surface area contributed by atoms with E-state index in [9.17, 15) is 9.18 Å². The van der Waals surface area contributed by atoms with Crippen LogP contribution in [0.5, 0.6) is 0 Å². The van der Waals surface area contributed by atoms with Gasteiger partial charge in [-0.05, 0) is 25.1 Å². The summed E-state index contributed by atoms with van der Waals surface area (Å²) >= 11 is 1.23. The number of hydrogen-bond acceptors (Lipinski definition) is 4. The van der Waals surface area contributed by atoms with Gasteiger partial charge in [-0.2, -0.15) is 0 Å². The molecule has 0 radical (unpaired) electrons. The van der Waals surface area contributed by atoms with Crippen LogP contribution in [0.3, 0.4) is 0 Å². The third-order valence-corrected chi connectivity index (χ3v) is 4.32. The molecular formula is C15H21FN2O2S. The molecule has 2 rings (SSSR count). The van der Waals surface area contributed by atoms with E-state index in [4.69, 9.17) is 4.74 Å². The molecule has 1 aromatic rings. The van der Waals surface area contributed by atoms with Gasteiger partial charge >= 0.3 is 0 Å². The van der Waals surface area contributed by atoms with Crippen molar-refractivity contribution in [3.8, 4) is 0 Å². The fourth-order valence-corrected chi connectivity index (χ4v) is 2.88. The zero-order valence-corrected chi connectivity index (χ0v) is 12.8. The topological polar surface area (TPSA) is 41.6 Å². The predicted molar refractivity (Wildman–Crippen MR) is 82.0 cm³/mol. The van der Waals surface area contributed by atoms with Crippen molar-refractivity contribution in [2.75, 3.05) is 45.1 Å². The molecule has 0 unspecified atom stereocenters. The Morgan fingerprint density at radius 2 is 2.10 bits per heavy atom. The minimum Gasteiger partial charge on any atom is -0.379 e. The number of nitrogens with one attached hydrogen (secondary N) is 1. The number of carbonyl (C=O) groups is 1. The summed E-state index contributed by atoms with van der Waals surface area (Å²) in [5.41, 5.74) is 0. The van der Waals surface area contributed by atoms with Crippen molar-refractivity contribution in [1.29, 1.82) is 0 Å². The van der Waals surface area contributed by atoms with Crippen molar-refractivity contribution in [1.82, 2.24) is 10.2 Å². The Hall–Kier alpha value is -1.11. The van der Waals surface area contributed by atoms with E-state index < -0.39 is 0 Å². The summed E-state index contributed by atoms with van der Waals surface area (Å²) in [5, 5.41) is 2.87. The number of benzene rings is 1. The highest BCUT2D eigenvalue weighted by Gasteiger charge is 2.10. The van der Waals surface area contributed by atoms with Gasteiger partial charge in [0.05, 0.1) is 19.0 Å². The molecule has 1 fully saturated rings. The van der Waals surface area contributed by atoms with E-state index in [1.807, 2.05) is 0 Å². The van der Waals surface area contributed by atoms with Crippen molar-refractivity contribution in [3.05, 3.63) is 30.1 Å². The molecule has 0 aromatic heterocycles. The Balaban J connectivity index is 1.56. The molecule has 6 heteroatoms. The maximum Gasteiger partial charge on any atom is 0.230 e. The van der Waals surface area contributed by atoms with Gasteiger partial charge in [-0.15, -0.1) is 11.8 Å². The lowest BCUT2D eigenvalue weighted by Crippen LogP contribution is -2.38. The smallest absolute Gasteiger partial charge is 0.230 e. The van der Waals surface area contributed by atoms with Gasteiger partial charge in [-0.25, -0.2) is 4.39 Å². The monoisotopic (exact) mass is 312 g/mol. The summed E-state index contributed by atoms with van der Waals surface area (Å²) in [6.45, 7) is 5.17. The first kappa shape index (κ1) is 16.3. The van der Waals surface area contributed by atoms with E-state index in [0.29, 0.717) is 11.4 Å². The quantitative estimate of drug-likeness (QED) is 0.615. The van der Waals surface area contributed by atoms with E-state index in [1.54, 1.807) is 18.2 Å². The highest BCUT2D eigenvalue weighted by molar-refractivity contribution is 8.00. The molecule has 116 valence electrons. The molecule has 4 nitrogen and oxygen atoms in total. The SMILES string of the molecule is O=C(CSc1ccccc1F)NCCCN1CCOCC1. The molecule has 1 saturated heterocycles. The molecule has 1 heterocycles. The normalized spacial score (nSPS) is 15.9. The standard InChI is InChI=1S/C15H21FN2O2S/c16-13-4-1-2-5-14(13)21-12-15(19)17-6-3-7-18-8-10-20-11-9-18/h1-2,4-5H,3,6-12H2,(H,17,19). The van der Waals surface area contributed by atoms with Crippen LogP contribution in [0.4, 0.5) is 4.39 Å². The largest absolute Gasteiger partial charge is 0.379 e. The lowest BCUT2D eigenvalue weighted by molar-refractivity contribution is -0.118. The highest BCUT2D eigenvalue weighted by Crippen LogP contribution is 2.20. The van der Waals surface area contributed by atoms with Crippen molar-refractivity contribution in [3.63, 3.8) is 0 Å². The minimum atomic E-state index is -0.275. The number of thioether (sulfide) groups is 1. The zero-order chi connectivity index (χ0) is 14.9. The van der Waals surface area contributed by atoms with Crippen molar-refractivity contribution >= 4 is 17.7 Å². The van der Waals surface area contributed by atoms with E-state index >= 15 is 0 Å². The Labute approximate surface area is 129 Å².